The summed E-state index contributed by atoms with van der Waals surface area (Å²) < 4.78 is 15.3. The predicted molar refractivity (Wildman–Crippen MR) is 75.8 cm³/mol. The summed E-state index contributed by atoms with van der Waals surface area (Å²) in [6, 6.07) is 3.31. The van der Waals surface area contributed by atoms with Gasteiger partial charge in [0.15, 0.2) is 0 Å². The summed E-state index contributed by atoms with van der Waals surface area (Å²) in [6.07, 6.45) is 3.86. The van der Waals surface area contributed by atoms with Gasteiger partial charge in [-0.15, -0.1) is 0 Å². The molecule has 6 nitrogen and oxygen atoms in total. The van der Waals surface area contributed by atoms with Crippen molar-refractivity contribution in [1.29, 1.82) is 0 Å². The van der Waals surface area contributed by atoms with Gasteiger partial charge in [-0.1, -0.05) is 0 Å². The molecule has 1 aromatic rings. The maximum atomic E-state index is 11.5. The summed E-state index contributed by atoms with van der Waals surface area (Å²) in [7, 11) is 0. The SMILES string of the molecule is CC(C)OC(=O)CCCOCCOC(=O)c1cccnc1. The minimum Gasteiger partial charge on any atom is -0.463 e. The number of aromatic nitrogens is 1. The van der Waals surface area contributed by atoms with Crippen molar-refractivity contribution in [2.45, 2.75) is 32.8 Å². The standard InChI is InChI=1S/C15H21NO5/c1-12(2)21-14(17)6-4-8-19-9-10-20-15(18)13-5-3-7-16-11-13/h3,5,7,11-12H,4,6,8-10H2,1-2H3. The van der Waals surface area contributed by atoms with Crippen LogP contribution in [0.3, 0.4) is 0 Å². The second kappa shape index (κ2) is 9.88. The zero-order valence-electron chi connectivity index (χ0n) is 12.4. The molecular formula is C15H21NO5. The second-order valence-corrected chi connectivity index (χ2v) is 4.63. The van der Waals surface area contributed by atoms with Gasteiger partial charge >= 0.3 is 11.9 Å². The Morgan fingerprint density at radius 1 is 1.24 bits per heavy atom. The number of esters is 2. The highest BCUT2D eigenvalue weighted by molar-refractivity contribution is 5.88. The molecule has 0 saturated carbocycles. The first kappa shape index (κ1) is 17.1. The van der Waals surface area contributed by atoms with Crippen LogP contribution in [0, 0.1) is 0 Å². The molecule has 0 aliphatic rings. The summed E-state index contributed by atoms with van der Waals surface area (Å²) >= 11 is 0. The predicted octanol–water partition coefficient (Wildman–Crippen LogP) is 1.99. The third-order valence-electron chi connectivity index (χ3n) is 2.39. The molecular weight excluding hydrogens is 274 g/mol. The minimum absolute atomic E-state index is 0.0923. The Kier molecular flexibility index (Phi) is 8.04. The van der Waals surface area contributed by atoms with E-state index >= 15 is 0 Å². The highest BCUT2D eigenvalue weighted by atomic mass is 16.6. The van der Waals surface area contributed by atoms with Gasteiger partial charge in [-0.2, -0.15) is 0 Å². The number of ether oxygens (including phenoxy) is 3. The Bertz CT molecular complexity index is 433. The van der Waals surface area contributed by atoms with Gasteiger partial charge in [0.05, 0.1) is 18.3 Å². The largest absolute Gasteiger partial charge is 0.463 e. The van der Waals surface area contributed by atoms with Crippen molar-refractivity contribution < 1.29 is 23.8 Å². The molecule has 0 aromatic carbocycles. The summed E-state index contributed by atoms with van der Waals surface area (Å²) in [4.78, 5) is 26.6. The first-order valence-electron chi connectivity index (χ1n) is 6.94. The van der Waals surface area contributed by atoms with Crippen molar-refractivity contribution in [2.24, 2.45) is 0 Å². The molecule has 0 amide bonds. The average Bonchev–Trinajstić information content (AvgIpc) is 2.46. The zero-order valence-corrected chi connectivity index (χ0v) is 12.4. The van der Waals surface area contributed by atoms with Gasteiger partial charge in [0.1, 0.15) is 6.61 Å². The van der Waals surface area contributed by atoms with Crippen LogP contribution in [0.5, 0.6) is 0 Å². The van der Waals surface area contributed by atoms with Crippen LogP contribution < -0.4 is 0 Å². The number of hydrogen-bond acceptors (Lipinski definition) is 6. The van der Waals surface area contributed by atoms with Crippen molar-refractivity contribution in [1.82, 2.24) is 4.98 Å². The molecule has 6 heteroatoms. The maximum absolute atomic E-state index is 11.5. The van der Waals surface area contributed by atoms with Crippen LogP contribution in [-0.4, -0.2) is 42.8 Å². The Balaban J connectivity index is 2.00. The fraction of sp³-hybridized carbons (Fsp3) is 0.533. The van der Waals surface area contributed by atoms with E-state index in [2.05, 4.69) is 4.98 Å². The van der Waals surface area contributed by atoms with Crippen molar-refractivity contribution in [3.63, 3.8) is 0 Å². The monoisotopic (exact) mass is 295 g/mol. The number of pyridine rings is 1. The molecule has 0 atom stereocenters. The Morgan fingerprint density at radius 2 is 2.05 bits per heavy atom. The molecule has 0 aliphatic heterocycles. The summed E-state index contributed by atoms with van der Waals surface area (Å²) in [5.41, 5.74) is 0.411. The molecule has 0 saturated heterocycles. The molecule has 0 radical (unpaired) electrons. The van der Waals surface area contributed by atoms with Gasteiger partial charge in [-0.25, -0.2) is 4.79 Å². The van der Waals surface area contributed by atoms with Crippen LogP contribution in [0.15, 0.2) is 24.5 Å². The fourth-order valence-electron chi connectivity index (χ4n) is 1.50. The third kappa shape index (κ3) is 8.04. The van der Waals surface area contributed by atoms with Crippen molar-refractivity contribution >= 4 is 11.9 Å². The van der Waals surface area contributed by atoms with Gasteiger partial charge in [0, 0.05) is 25.4 Å². The molecule has 0 fully saturated rings. The molecule has 0 bridgehead atoms. The van der Waals surface area contributed by atoms with Crippen molar-refractivity contribution in [3.05, 3.63) is 30.1 Å². The average molecular weight is 295 g/mol. The number of carbonyl (C=O) groups is 2. The summed E-state index contributed by atoms with van der Waals surface area (Å²) in [5, 5.41) is 0. The molecule has 1 rings (SSSR count). The van der Waals surface area contributed by atoms with Crippen molar-refractivity contribution in [3.8, 4) is 0 Å². The molecule has 21 heavy (non-hydrogen) atoms. The van der Waals surface area contributed by atoms with E-state index in [9.17, 15) is 9.59 Å². The van der Waals surface area contributed by atoms with E-state index in [0.717, 1.165) is 0 Å². The topological polar surface area (TPSA) is 74.7 Å². The van der Waals surface area contributed by atoms with Gasteiger partial charge in [0.25, 0.3) is 0 Å². The minimum atomic E-state index is -0.424. The number of hydrogen-bond donors (Lipinski definition) is 0. The van der Waals surface area contributed by atoms with Crippen LogP contribution in [0.2, 0.25) is 0 Å². The van der Waals surface area contributed by atoms with E-state index in [0.29, 0.717) is 31.6 Å². The van der Waals surface area contributed by atoms with Gasteiger partial charge in [-0.05, 0) is 32.4 Å². The van der Waals surface area contributed by atoms with Crippen LogP contribution in [0.4, 0.5) is 0 Å². The van der Waals surface area contributed by atoms with E-state index in [4.69, 9.17) is 14.2 Å². The first-order valence-corrected chi connectivity index (χ1v) is 6.94. The van der Waals surface area contributed by atoms with Crippen molar-refractivity contribution in [2.75, 3.05) is 19.8 Å². The van der Waals surface area contributed by atoms with E-state index in [-0.39, 0.29) is 18.7 Å². The Morgan fingerprint density at radius 3 is 2.71 bits per heavy atom. The molecule has 1 aromatic heterocycles. The van der Waals surface area contributed by atoms with E-state index < -0.39 is 5.97 Å². The highest BCUT2D eigenvalue weighted by Crippen LogP contribution is 2.00. The number of carbonyl (C=O) groups excluding carboxylic acids is 2. The van der Waals surface area contributed by atoms with Crippen LogP contribution >= 0.6 is 0 Å². The summed E-state index contributed by atoms with van der Waals surface area (Å²) in [6.45, 7) is 4.52. The Hall–Kier alpha value is -1.95. The third-order valence-corrected chi connectivity index (χ3v) is 2.39. The lowest BCUT2D eigenvalue weighted by Crippen LogP contribution is -2.13. The quantitative estimate of drug-likeness (QED) is 0.512. The second-order valence-electron chi connectivity index (χ2n) is 4.63. The van der Waals surface area contributed by atoms with Gasteiger partial charge in [0.2, 0.25) is 0 Å². The smallest absolute Gasteiger partial charge is 0.339 e. The van der Waals surface area contributed by atoms with Gasteiger partial charge < -0.3 is 14.2 Å². The normalized spacial score (nSPS) is 10.4. The molecule has 0 aliphatic carbocycles. The van der Waals surface area contributed by atoms with Gasteiger partial charge in [-0.3, -0.25) is 9.78 Å². The van der Waals surface area contributed by atoms with E-state index in [1.807, 2.05) is 13.8 Å². The first-order chi connectivity index (χ1) is 10.1. The zero-order chi connectivity index (χ0) is 15.5. The number of nitrogens with zero attached hydrogens (tertiary/aromatic N) is 1. The van der Waals surface area contributed by atoms with Crippen LogP contribution in [-0.2, 0) is 19.0 Å². The Labute approximate surface area is 124 Å². The van der Waals surface area contributed by atoms with Crippen LogP contribution in [0.1, 0.15) is 37.0 Å². The maximum Gasteiger partial charge on any atom is 0.339 e. The molecule has 0 spiro atoms. The van der Waals surface area contributed by atoms with Crippen LogP contribution in [0.25, 0.3) is 0 Å². The fourth-order valence-corrected chi connectivity index (χ4v) is 1.50. The molecule has 0 unspecified atom stereocenters. The molecule has 116 valence electrons. The highest BCUT2D eigenvalue weighted by Gasteiger charge is 2.07. The number of rotatable bonds is 9. The lowest BCUT2D eigenvalue weighted by atomic mass is 10.3. The lowest BCUT2D eigenvalue weighted by molar-refractivity contribution is -0.147. The molecule has 0 N–H and O–H groups in total. The summed E-state index contributed by atoms with van der Waals surface area (Å²) in [5.74, 6) is -0.649. The van der Waals surface area contributed by atoms with E-state index in [1.54, 1.807) is 18.3 Å². The molecule has 1 heterocycles. The van der Waals surface area contributed by atoms with E-state index in [1.165, 1.54) is 6.20 Å². The lowest BCUT2D eigenvalue weighted by Gasteiger charge is -2.08.